The van der Waals surface area contributed by atoms with Gasteiger partial charge in [-0.05, 0) is 30.3 Å². The first-order valence-corrected chi connectivity index (χ1v) is 11.8. The van der Waals surface area contributed by atoms with Crippen molar-refractivity contribution < 1.29 is 9.53 Å². The molecule has 3 aromatic rings. The van der Waals surface area contributed by atoms with Crippen molar-refractivity contribution in [3.05, 3.63) is 73.7 Å². The Morgan fingerprint density at radius 3 is 2.83 bits per heavy atom. The monoisotopic (exact) mass is 458 g/mol. The Morgan fingerprint density at radius 1 is 1.27 bits per heavy atom. The normalized spacial score (nSPS) is 21.7. The molecule has 2 aliphatic heterocycles. The van der Waals surface area contributed by atoms with Gasteiger partial charge in [-0.15, -0.1) is 11.8 Å². The van der Waals surface area contributed by atoms with E-state index in [1.54, 1.807) is 40.6 Å². The molecule has 0 bridgehead atoms. The number of anilines is 1. The Labute approximate surface area is 187 Å². The second kappa shape index (κ2) is 7.48. The van der Waals surface area contributed by atoms with E-state index in [0.717, 1.165) is 27.0 Å². The number of ether oxygens (including phenoxy) is 1. The molecule has 2 atom stereocenters. The number of benzene rings is 2. The van der Waals surface area contributed by atoms with E-state index in [4.69, 9.17) is 16.3 Å². The lowest BCUT2D eigenvalue weighted by molar-refractivity contribution is -0.116. The highest BCUT2D eigenvalue weighted by molar-refractivity contribution is 7.99. The summed E-state index contributed by atoms with van der Waals surface area (Å²) < 4.78 is 7.62. The molecule has 0 spiro atoms. The van der Waals surface area contributed by atoms with Gasteiger partial charge in [0.1, 0.15) is 12.3 Å². The van der Waals surface area contributed by atoms with Gasteiger partial charge >= 0.3 is 4.87 Å². The standard InChI is InChI=1S/C22H19ClN2O3S2/c1-22-11-28-16-5-3-2-4-15(16)18(22)19-20(29-12-22)25(21(27)30-19)10-17(26)24-14-8-6-13(23)7-9-14/h2-9,18H,10-12H2,1H3,(H,24,26). The quantitative estimate of drug-likeness (QED) is 0.610. The van der Waals surface area contributed by atoms with E-state index in [-0.39, 0.29) is 28.7 Å². The van der Waals surface area contributed by atoms with Crippen molar-refractivity contribution in [3.63, 3.8) is 0 Å². The van der Waals surface area contributed by atoms with Crippen molar-refractivity contribution in [1.29, 1.82) is 0 Å². The Bertz CT molecular complexity index is 1190. The molecule has 0 saturated heterocycles. The van der Waals surface area contributed by atoms with Crippen molar-refractivity contribution in [1.82, 2.24) is 4.57 Å². The summed E-state index contributed by atoms with van der Waals surface area (Å²) in [5, 5.41) is 4.34. The predicted molar refractivity (Wildman–Crippen MR) is 121 cm³/mol. The Hall–Kier alpha value is -2.22. The number of amides is 1. The summed E-state index contributed by atoms with van der Waals surface area (Å²) in [5.41, 5.74) is 1.68. The van der Waals surface area contributed by atoms with Crippen LogP contribution < -0.4 is 14.9 Å². The van der Waals surface area contributed by atoms with Crippen LogP contribution in [0.5, 0.6) is 5.75 Å². The second-order valence-corrected chi connectivity index (χ2v) is 10.3. The van der Waals surface area contributed by atoms with Crippen LogP contribution in [0.1, 0.15) is 23.3 Å². The van der Waals surface area contributed by atoms with Gasteiger partial charge in [-0.3, -0.25) is 14.2 Å². The summed E-state index contributed by atoms with van der Waals surface area (Å²) in [6.07, 6.45) is 0. The fourth-order valence-electron chi connectivity index (χ4n) is 4.12. The highest BCUT2D eigenvalue weighted by atomic mass is 35.5. The van der Waals surface area contributed by atoms with Crippen LogP contribution in [-0.2, 0) is 11.3 Å². The molecule has 0 aliphatic carbocycles. The lowest BCUT2D eigenvalue weighted by atomic mass is 9.72. The predicted octanol–water partition coefficient (Wildman–Crippen LogP) is 4.84. The van der Waals surface area contributed by atoms with Crippen LogP contribution in [-0.4, -0.2) is 22.8 Å². The number of nitrogens with one attached hydrogen (secondary N) is 1. The minimum Gasteiger partial charge on any atom is -0.493 e. The molecular formula is C22H19ClN2O3S2. The van der Waals surface area contributed by atoms with Crippen LogP contribution in [0.4, 0.5) is 5.69 Å². The summed E-state index contributed by atoms with van der Waals surface area (Å²) in [5.74, 6) is 1.57. The highest BCUT2D eigenvalue weighted by Crippen LogP contribution is 2.56. The third kappa shape index (κ3) is 3.35. The van der Waals surface area contributed by atoms with Crippen molar-refractivity contribution in [2.75, 3.05) is 17.7 Å². The molecule has 30 heavy (non-hydrogen) atoms. The van der Waals surface area contributed by atoms with Crippen molar-refractivity contribution in [2.45, 2.75) is 24.4 Å². The number of aromatic nitrogens is 1. The molecule has 1 amide bonds. The number of carbonyl (C=O) groups excluding carboxylic acids is 1. The van der Waals surface area contributed by atoms with Gasteiger partial charge in [0, 0.05) is 38.2 Å². The van der Waals surface area contributed by atoms with Gasteiger partial charge in [0.2, 0.25) is 5.91 Å². The average Bonchev–Trinajstić information content (AvgIpc) is 3.04. The van der Waals surface area contributed by atoms with Crippen LogP contribution in [0.3, 0.4) is 0 Å². The number of fused-ring (bicyclic) bond motifs is 5. The topological polar surface area (TPSA) is 60.3 Å². The first-order chi connectivity index (χ1) is 14.4. The zero-order valence-electron chi connectivity index (χ0n) is 16.2. The molecule has 0 radical (unpaired) electrons. The zero-order chi connectivity index (χ0) is 20.9. The maximum Gasteiger partial charge on any atom is 0.308 e. The second-order valence-electron chi connectivity index (χ2n) is 7.88. The molecule has 1 N–H and O–H groups in total. The first kappa shape index (κ1) is 19.7. The maximum atomic E-state index is 12.9. The van der Waals surface area contributed by atoms with Gasteiger partial charge in [0.15, 0.2) is 0 Å². The number of hydrogen-bond donors (Lipinski definition) is 1. The number of thioether (sulfide) groups is 1. The number of rotatable bonds is 3. The Morgan fingerprint density at radius 2 is 2.03 bits per heavy atom. The van der Waals surface area contributed by atoms with E-state index in [1.807, 2.05) is 18.2 Å². The van der Waals surface area contributed by atoms with Crippen LogP contribution in [0, 0.1) is 5.41 Å². The fraction of sp³-hybridized carbons (Fsp3) is 0.273. The minimum absolute atomic E-state index is 0.0120. The van der Waals surface area contributed by atoms with E-state index in [2.05, 4.69) is 18.3 Å². The van der Waals surface area contributed by atoms with Gasteiger partial charge in [0.25, 0.3) is 0 Å². The molecule has 2 aromatic carbocycles. The molecule has 154 valence electrons. The number of nitrogens with zero attached hydrogens (tertiary/aromatic N) is 1. The van der Waals surface area contributed by atoms with Crippen LogP contribution in [0.25, 0.3) is 0 Å². The van der Waals surface area contributed by atoms with E-state index >= 15 is 0 Å². The third-order valence-electron chi connectivity index (χ3n) is 5.59. The smallest absolute Gasteiger partial charge is 0.308 e. The van der Waals surface area contributed by atoms with Crippen molar-refractivity contribution in [3.8, 4) is 5.75 Å². The van der Waals surface area contributed by atoms with E-state index in [0.29, 0.717) is 17.3 Å². The molecular weight excluding hydrogens is 440 g/mol. The fourth-order valence-corrected chi connectivity index (χ4v) is 7.07. The summed E-state index contributed by atoms with van der Waals surface area (Å²) in [6, 6.07) is 15.0. The molecule has 2 unspecified atom stereocenters. The van der Waals surface area contributed by atoms with Crippen molar-refractivity contribution >= 4 is 46.3 Å². The lowest BCUT2D eigenvalue weighted by Crippen LogP contribution is -2.41. The number of thiazole rings is 1. The van der Waals surface area contributed by atoms with Crippen molar-refractivity contribution in [2.24, 2.45) is 5.41 Å². The van der Waals surface area contributed by atoms with Gasteiger partial charge in [-0.1, -0.05) is 48.1 Å². The van der Waals surface area contributed by atoms with Gasteiger partial charge in [-0.2, -0.15) is 0 Å². The summed E-state index contributed by atoms with van der Waals surface area (Å²) in [7, 11) is 0. The third-order valence-corrected chi connectivity index (χ3v) is 8.53. The van der Waals surface area contributed by atoms with Gasteiger partial charge in [-0.25, -0.2) is 0 Å². The van der Waals surface area contributed by atoms with Crippen LogP contribution in [0.15, 0.2) is 58.4 Å². The van der Waals surface area contributed by atoms with Crippen LogP contribution >= 0.6 is 34.7 Å². The molecule has 5 nitrogen and oxygen atoms in total. The molecule has 0 saturated carbocycles. The maximum absolute atomic E-state index is 12.9. The zero-order valence-corrected chi connectivity index (χ0v) is 18.6. The average molecular weight is 459 g/mol. The molecule has 5 rings (SSSR count). The van der Waals surface area contributed by atoms with E-state index < -0.39 is 0 Å². The number of hydrogen-bond acceptors (Lipinski definition) is 5. The van der Waals surface area contributed by atoms with Gasteiger partial charge in [0.05, 0.1) is 11.6 Å². The summed E-state index contributed by atoms with van der Waals surface area (Å²) in [6.45, 7) is 2.82. The molecule has 3 heterocycles. The largest absolute Gasteiger partial charge is 0.493 e. The Balaban J connectivity index is 1.48. The van der Waals surface area contributed by atoms with E-state index in [1.165, 1.54) is 11.3 Å². The molecule has 8 heteroatoms. The number of halogens is 1. The van der Waals surface area contributed by atoms with Crippen LogP contribution in [0.2, 0.25) is 5.02 Å². The Kier molecular flexibility index (Phi) is 4.92. The summed E-state index contributed by atoms with van der Waals surface area (Å²) in [4.78, 5) is 26.4. The molecule has 0 fully saturated rings. The molecule has 1 aromatic heterocycles. The molecule has 2 aliphatic rings. The van der Waals surface area contributed by atoms with Gasteiger partial charge < -0.3 is 10.1 Å². The summed E-state index contributed by atoms with van der Waals surface area (Å²) >= 11 is 8.79. The minimum atomic E-state index is -0.235. The number of para-hydroxylation sites is 1. The van der Waals surface area contributed by atoms with E-state index in [9.17, 15) is 9.59 Å². The lowest BCUT2D eigenvalue weighted by Gasteiger charge is -2.44. The SMILES string of the molecule is CC12COc3ccccc3C1c1sc(=O)n(CC(=O)Nc3ccc(Cl)cc3)c1SC2. The first-order valence-electron chi connectivity index (χ1n) is 9.58. The highest BCUT2D eigenvalue weighted by Gasteiger charge is 2.47. The number of carbonyl (C=O) groups is 1.